The van der Waals surface area contributed by atoms with Crippen LogP contribution in [0, 0.1) is 11.6 Å². The molecule has 14 heavy (non-hydrogen) atoms. The molecule has 0 aromatic heterocycles. The largest absolute Gasteiger partial charge is 0.494 e. The van der Waals surface area contributed by atoms with Crippen LogP contribution in [0.3, 0.4) is 0 Å². The summed E-state index contributed by atoms with van der Waals surface area (Å²) >= 11 is 0. The number of halogens is 2. The van der Waals surface area contributed by atoms with Crippen molar-refractivity contribution in [1.82, 2.24) is 0 Å². The van der Waals surface area contributed by atoms with E-state index in [-0.39, 0.29) is 12.4 Å². The number of benzene rings is 1. The third kappa shape index (κ3) is 1.99. The number of amides is 1. The number of hydrogen-bond acceptors (Lipinski definition) is 2. The number of rotatable bonds is 3. The molecule has 0 spiro atoms. The van der Waals surface area contributed by atoms with Crippen molar-refractivity contribution in [2.75, 3.05) is 6.61 Å². The predicted molar refractivity (Wildman–Crippen MR) is 46.0 cm³/mol. The number of primary amides is 1. The summed E-state index contributed by atoms with van der Waals surface area (Å²) in [4.78, 5) is 10.6. The fourth-order valence-corrected chi connectivity index (χ4v) is 1.04. The minimum Gasteiger partial charge on any atom is -0.494 e. The molecule has 0 heterocycles. The molecule has 5 heteroatoms. The van der Waals surface area contributed by atoms with Crippen molar-refractivity contribution in [3.63, 3.8) is 0 Å². The Morgan fingerprint density at radius 1 is 1.43 bits per heavy atom. The molecule has 1 aromatic carbocycles. The summed E-state index contributed by atoms with van der Waals surface area (Å²) in [7, 11) is 0. The highest BCUT2D eigenvalue weighted by molar-refractivity contribution is 5.93. The fourth-order valence-electron chi connectivity index (χ4n) is 1.04. The van der Waals surface area contributed by atoms with Gasteiger partial charge in [0.2, 0.25) is 0 Å². The molecule has 0 atom stereocenters. The van der Waals surface area contributed by atoms with E-state index in [1.807, 2.05) is 0 Å². The lowest BCUT2D eigenvalue weighted by Gasteiger charge is -2.05. The third-order valence-corrected chi connectivity index (χ3v) is 1.57. The summed E-state index contributed by atoms with van der Waals surface area (Å²) in [5.41, 5.74) is 4.04. The van der Waals surface area contributed by atoms with Gasteiger partial charge in [-0.05, 0) is 6.92 Å². The first-order chi connectivity index (χ1) is 6.56. The van der Waals surface area contributed by atoms with E-state index in [1.54, 1.807) is 6.92 Å². The number of hydrogen-bond donors (Lipinski definition) is 1. The van der Waals surface area contributed by atoms with Crippen LogP contribution in [-0.2, 0) is 0 Å². The zero-order valence-corrected chi connectivity index (χ0v) is 7.51. The Hall–Kier alpha value is -1.65. The molecule has 0 saturated heterocycles. The Morgan fingerprint density at radius 2 is 1.93 bits per heavy atom. The monoisotopic (exact) mass is 201 g/mol. The Morgan fingerprint density at radius 3 is 2.29 bits per heavy atom. The molecule has 0 aliphatic rings. The van der Waals surface area contributed by atoms with Crippen LogP contribution in [0.25, 0.3) is 0 Å². The third-order valence-electron chi connectivity index (χ3n) is 1.57. The van der Waals surface area contributed by atoms with Crippen LogP contribution in [-0.4, -0.2) is 12.5 Å². The average Bonchev–Trinajstić information content (AvgIpc) is 2.01. The van der Waals surface area contributed by atoms with Crippen molar-refractivity contribution in [3.8, 4) is 5.75 Å². The smallest absolute Gasteiger partial charge is 0.254 e. The van der Waals surface area contributed by atoms with Gasteiger partial charge in [-0.3, -0.25) is 4.79 Å². The van der Waals surface area contributed by atoms with Crippen LogP contribution in [0.4, 0.5) is 8.78 Å². The van der Waals surface area contributed by atoms with E-state index in [1.165, 1.54) is 0 Å². The van der Waals surface area contributed by atoms with Gasteiger partial charge >= 0.3 is 0 Å². The van der Waals surface area contributed by atoms with Gasteiger partial charge in [0, 0.05) is 12.1 Å². The normalized spacial score (nSPS) is 9.93. The maximum absolute atomic E-state index is 13.1. The summed E-state index contributed by atoms with van der Waals surface area (Å²) in [6.07, 6.45) is 0. The first kappa shape index (κ1) is 10.4. The van der Waals surface area contributed by atoms with Crippen LogP contribution in [0.15, 0.2) is 12.1 Å². The lowest BCUT2D eigenvalue weighted by molar-refractivity contribution is 0.0992. The van der Waals surface area contributed by atoms with Crippen molar-refractivity contribution in [3.05, 3.63) is 29.3 Å². The summed E-state index contributed by atoms with van der Waals surface area (Å²) in [6, 6.07) is 1.85. The maximum Gasteiger partial charge on any atom is 0.254 e. The first-order valence-corrected chi connectivity index (χ1v) is 3.98. The van der Waals surface area contributed by atoms with Gasteiger partial charge in [0.05, 0.1) is 6.61 Å². The highest BCUT2D eigenvalue weighted by Crippen LogP contribution is 2.20. The number of nitrogens with two attached hydrogens (primary N) is 1. The van der Waals surface area contributed by atoms with Crippen LogP contribution >= 0.6 is 0 Å². The molecule has 1 amide bonds. The molecule has 0 radical (unpaired) electrons. The number of carbonyl (C=O) groups is 1. The number of carbonyl (C=O) groups excluding carboxylic acids is 1. The van der Waals surface area contributed by atoms with E-state index >= 15 is 0 Å². The molecular weight excluding hydrogens is 192 g/mol. The Labute approximate surface area is 79.5 Å². The molecule has 76 valence electrons. The SMILES string of the molecule is CCOc1cc(F)c(C(N)=O)c(F)c1. The lowest BCUT2D eigenvalue weighted by Crippen LogP contribution is -2.15. The van der Waals surface area contributed by atoms with E-state index in [2.05, 4.69) is 0 Å². The van der Waals surface area contributed by atoms with Gasteiger partial charge in [-0.15, -0.1) is 0 Å². The second-order valence-electron chi connectivity index (χ2n) is 2.56. The Bertz CT molecular complexity index is 343. The molecule has 0 bridgehead atoms. The van der Waals surface area contributed by atoms with Crippen LogP contribution < -0.4 is 10.5 Å². The number of ether oxygens (including phenoxy) is 1. The zero-order chi connectivity index (χ0) is 10.7. The standard InChI is InChI=1S/C9H9F2NO2/c1-2-14-5-3-6(10)8(9(12)13)7(11)4-5/h3-4H,2H2,1H3,(H2,12,13). The van der Waals surface area contributed by atoms with Gasteiger partial charge in [0.15, 0.2) is 0 Å². The molecule has 0 aliphatic heterocycles. The summed E-state index contributed by atoms with van der Waals surface area (Å²) in [5.74, 6) is -3.13. The molecule has 0 unspecified atom stereocenters. The van der Waals surface area contributed by atoms with Crippen molar-refractivity contribution >= 4 is 5.91 Å². The van der Waals surface area contributed by atoms with Crippen molar-refractivity contribution in [2.45, 2.75) is 6.92 Å². The molecular formula is C9H9F2NO2. The molecule has 0 saturated carbocycles. The topological polar surface area (TPSA) is 52.3 Å². The van der Waals surface area contributed by atoms with E-state index in [0.29, 0.717) is 0 Å². The van der Waals surface area contributed by atoms with Gasteiger partial charge in [-0.25, -0.2) is 8.78 Å². The van der Waals surface area contributed by atoms with Crippen molar-refractivity contribution in [1.29, 1.82) is 0 Å². The fraction of sp³-hybridized carbons (Fsp3) is 0.222. The highest BCUT2D eigenvalue weighted by Gasteiger charge is 2.16. The van der Waals surface area contributed by atoms with Gasteiger partial charge in [-0.2, -0.15) is 0 Å². The zero-order valence-electron chi connectivity index (χ0n) is 7.51. The van der Waals surface area contributed by atoms with E-state index in [9.17, 15) is 13.6 Å². The molecule has 1 aromatic rings. The van der Waals surface area contributed by atoms with Gasteiger partial charge in [-0.1, -0.05) is 0 Å². The summed E-state index contributed by atoms with van der Waals surface area (Å²) < 4.78 is 31.0. The molecule has 2 N–H and O–H groups in total. The first-order valence-electron chi connectivity index (χ1n) is 3.98. The minimum absolute atomic E-state index is 0.0347. The maximum atomic E-state index is 13.1. The van der Waals surface area contributed by atoms with Crippen LogP contribution in [0.5, 0.6) is 5.75 Å². The van der Waals surface area contributed by atoms with Gasteiger partial charge < -0.3 is 10.5 Å². The average molecular weight is 201 g/mol. The molecule has 0 aliphatic carbocycles. The van der Waals surface area contributed by atoms with Crippen molar-refractivity contribution < 1.29 is 18.3 Å². The predicted octanol–water partition coefficient (Wildman–Crippen LogP) is 1.46. The van der Waals surface area contributed by atoms with E-state index in [0.717, 1.165) is 12.1 Å². The summed E-state index contributed by atoms with van der Waals surface area (Å²) in [6.45, 7) is 1.96. The highest BCUT2D eigenvalue weighted by atomic mass is 19.1. The van der Waals surface area contributed by atoms with Gasteiger partial charge in [0.25, 0.3) is 5.91 Å². The minimum atomic E-state index is -1.14. The summed E-state index contributed by atoms with van der Waals surface area (Å²) in [5, 5.41) is 0. The lowest BCUT2D eigenvalue weighted by atomic mass is 10.2. The molecule has 3 nitrogen and oxygen atoms in total. The molecule has 0 fully saturated rings. The van der Waals surface area contributed by atoms with Crippen molar-refractivity contribution in [2.24, 2.45) is 5.73 Å². The Balaban J connectivity index is 3.18. The van der Waals surface area contributed by atoms with E-state index < -0.39 is 23.1 Å². The van der Waals surface area contributed by atoms with Crippen LogP contribution in [0.1, 0.15) is 17.3 Å². The Kier molecular flexibility index (Phi) is 3.01. The van der Waals surface area contributed by atoms with E-state index in [4.69, 9.17) is 10.5 Å². The van der Waals surface area contributed by atoms with Crippen LogP contribution in [0.2, 0.25) is 0 Å². The second kappa shape index (κ2) is 4.04. The quantitative estimate of drug-likeness (QED) is 0.804. The second-order valence-corrected chi connectivity index (χ2v) is 2.56. The van der Waals surface area contributed by atoms with Gasteiger partial charge in [0.1, 0.15) is 22.9 Å². The molecule has 1 rings (SSSR count).